The molecule has 84 valence electrons. The second-order valence-electron chi connectivity index (χ2n) is 3.46. The molecule has 0 spiro atoms. The summed E-state index contributed by atoms with van der Waals surface area (Å²) in [5.74, 6) is -0.304. The molecular formula is C10H7F3N2O. The number of pyridine rings is 1. The van der Waals surface area contributed by atoms with Crippen molar-refractivity contribution in [1.29, 1.82) is 5.26 Å². The number of hydrogen-bond acceptors (Lipinski definition) is 3. The minimum absolute atomic E-state index is 0.157. The average molecular weight is 228 g/mol. The highest BCUT2D eigenvalue weighted by atomic mass is 19.4. The standard InChI is InChI=1S/C10H7F3N2O/c11-10(12,13)9-7(5-14)15-4-3-8(9)16-6-1-2-6/h3-4,6H,1-2H2. The minimum Gasteiger partial charge on any atom is -0.490 e. The molecule has 0 aromatic carbocycles. The lowest BCUT2D eigenvalue weighted by Crippen LogP contribution is -2.13. The monoisotopic (exact) mass is 228 g/mol. The molecule has 0 radical (unpaired) electrons. The SMILES string of the molecule is N#Cc1nccc(OC2CC2)c1C(F)(F)F. The van der Waals surface area contributed by atoms with Crippen molar-refractivity contribution in [3.8, 4) is 11.8 Å². The molecule has 0 unspecified atom stereocenters. The zero-order valence-electron chi connectivity index (χ0n) is 8.08. The Balaban J connectivity index is 2.46. The molecule has 0 bridgehead atoms. The smallest absolute Gasteiger partial charge is 0.422 e. The first-order valence-corrected chi connectivity index (χ1v) is 4.65. The van der Waals surface area contributed by atoms with Crippen molar-refractivity contribution in [1.82, 2.24) is 4.98 Å². The summed E-state index contributed by atoms with van der Waals surface area (Å²) in [5.41, 5.74) is -1.73. The van der Waals surface area contributed by atoms with Crippen molar-refractivity contribution >= 4 is 0 Å². The number of nitrogens with zero attached hydrogens (tertiary/aromatic N) is 2. The maximum absolute atomic E-state index is 12.7. The average Bonchev–Trinajstić information content (AvgIpc) is 2.99. The normalized spacial score (nSPS) is 15.6. The zero-order chi connectivity index (χ0) is 11.8. The van der Waals surface area contributed by atoms with Gasteiger partial charge in [0.25, 0.3) is 0 Å². The molecule has 1 aromatic rings. The van der Waals surface area contributed by atoms with Crippen LogP contribution in [0.3, 0.4) is 0 Å². The van der Waals surface area contributed by atoms with E-state index in [1.165, 1.54) is 6.07 Å². The van der Waals surface area contributed by atoms with Gasteiger partial charge < -0.3 is 4.74 Å². The second-order valence-corrected chi connectivity index (χ2v) is 3.46. The zero-order valence-corrected chi connectivity index (χ0v) is 8.08. The summed E-state index contributed by atoms with van der Waals surface area (Å²) in [6.45, 7) is 0. The van der Waals surface area contributed by atoms with Gasteiger partial charge in [0, 0.05) is 6.20 Å². The first kappa shape index (κ1) is 10.7. The Morgan fingerprint density at radius 2 is 2.12 bits per heavy atom. The predicted octanol–water partition coefficient (Wildman–Crippen LogP) is 2.51. The van der Waals surface area contributed by atoms with E-state index in [-0.39, 0.29) is 11.9 Å². The fraction of sp³-hybridized carbons (Fsp3) is 0.400. The molecule has 0 atom stereocenters. The van der Waals surface area contributed by atoms with Crippen LogP contribution in [0.5, 0.6) is 5.75 Å². The molecule has 0 amide bonds. The molecule has 0 saturated heterocycles. The Morgan fingerprint density at radius 3 is 2.62 bits per heavy atom. The lowest BCUT2D eigenvalue weighted by atomic mass is 10.2. The highest BCUT2D eigenvalue weighted by Crippen LogP contribution is 2.39. The third-order valence-corrected chi connectivity index (χ3v) is 2.12. The number of alkyl halides is 3. The number of nitriles is 1. The number of hydrogen-bond donors (Lipinski definition) is 0. The topological polar surface area (TPSA) is 45.9 Å². The maximum Gasteiger partial charge on any atom is 0.422 e. The number of halogens is 3. The summed E-state index contributed by atoms with van der Waals surface area (Å²) < 4.78 is 43.2. The van der Waals surface area contributed by atoms with Crippen molar-refractivity contribution in [3.63, 3.8) is 0 Å². The van der Waals surface area contributed by atoms with E-state index in [0.29, 0.717) is 0 Å². The van der Waals surface area contributed by atoms with Crippen molar-refractivity contribution in [2.75, 3.05) is 0 Å². The quantitative estimate of drug-likeness (QED) is 0.781. The minimum atomic E-state index is -4.62. The van der Waals surface area contributed by atoms with E-state index in [1.807, 2.05) is 0 Å². The molecular weight excluding hydrogens is 221 g/mol. The van der Waals surface area contributed by atoms with Crippen LogP contribution in [-0.2, 0) is 6.18 Å². The molecule has 1 aromatic heterocycles. The van der Waals surface area contributed by atoms with E-state index in [2.05, 4.69) is 4.98 Å². The summed E-state index contributed by atoms with van der Waals surface area (Å²) in [5, 5.41) is 8.59. The Morgan fingerprint density at radius 1 is 1.44 bits per heavy atom. The van der Waals surface area contributed by atoms with Crippen molar-refractivity contribution < 1.29 is 17.9 Å². The lowest BCUT2D eigenvalue weighted by Gasteiger charge is -2.13. The molecule has 16 heavy (non-hydrogen) atoms. The van der Waals surface area contributed by atoms with Gasteiger partial charge in [0.1, 0.15) is 17.4 Å². The largest absolute Gasteiger partial charge is 0.490 e. The van der Waals surface area contributed by atoms with E-state index < -0.39 is 17.4 Å². The Hall–Kier alpha value is -1.77. The third kappa shape index (κ3) is 2.08. The molecule has 0 N–H and O–H groups in total. The number of rotatable bonds is 2. The first-order valence-electron chi connectivity index (χ1n) is 4.65. The van der Waals surface area contributed by atoms with Crippen LogP contribution in [0.15, 0.2) is 12.3 Å². The fourth-order valence-corrected chi connectivity index (χ4v) is 1.27. The number of ether oxygens (including phenoxy) is 1. The summed E-state index contributed by atoms with van der Waals surface area (Å²) >= 11 is 0. The fourth-order valence-electron chi connectivity index (χ4n) is 1.27. The summed E-state index contributed by atoms with van der Waals surface area (Å²) in [7, 11) is 0. The molecule has 0 aliphatic heterocycles. The number of aromatic nitrogens is 1. The van der Waals surface area contributed by atoms with E-state index in [0.717, 1.165) is 25.1 Å². The Kier molecular flexibility index (Phi) is 2.46. The Labute approximate surface area is 89.5 Å². The molecule has 3 nitrogen and oxygen atoms in total. The van der Waals surface area contributed by atoms with Crippen LogP contribution in [0.2, 0.25) is 0 Å². The molecule has 1 aliphatic carbocycles. The third-order valence-electron chi connectivity index (χ3n) is 2.12. The van der Waals surface area contributed by atoms with Gasteiger partial charge in [0.15, 0.2) is 5.69 Å². The molecule has 1 aliphatic rings. The Bertz CT molecular complexity index is 446. The molecule has 1 fully saturated rings. The molecule has 1 saturated carbocycles. The summed E-state index contributed by atoms with van der Waals surface area (Å²) in [4.78, 5) is 3.39. The van der Waals surface area contributed by atoms with Crippen LogP contribution in [0.1, 0.15) is 24.1 Å². The highest BCUT2D eigenvalue weighted by molar-refractivity contribution is 5.44. The van der Waals surface area contributed by atoms with E-state index in [9.17, 15) is 13.2 Å². The van der Waals surface area contributed by atoms with Gasteiger partial charge in [-0.1, -0.05) is 0 Å². The van der Waals surface area contributed by atoms with E-state index in [4.69, 9.17) is 10.00 Å². The molecule has 6 heteroatoms. The van der Waals surface area contributed by atoms with Crippen molar-refractivity contribution in [2.24, 2.45) is 0 Å². The van der Waals surface area contributed by atoms with Crippen LogP contribution in [0.4, 0.5) is 13.2 Å². The van der Waals surface area contributed by atoms with Crippen LogP contribution < -0.4 is 4.74 Å². The van der Waals surface area contributed by atoms with E-state index >= 15 is 0 Å². The van der Waals surface area contributed by atoms with Gasteiger partial charge >= 0.3 is 6.18 Å². The van der Waals surface area contributed by atoms with Gasteiger partial charge in [0.2, 0.25) is 0 Å². The van der Waals surface area contributed by atoms with Gasteiger partial charge in [-0.3, -0.25) is 0 Å². The van der Waals surface area contributed by atoms with Crippen LogP contribution >= 0.6 is 0 Å². The van der Waals surface area contributed by atoms with Crippen LogP contribution in [-0.4, -0.2) is 11.1 Å². The molecule has 1 heterocycles. The van der Waals surface area contributed by atoms with Crippen molar-refractivity contribution in [2.45, 2.75) is 25.1 Å². The highest BCUT2D eigenvalue weighted by Gasteiger charge is 2.39. The summed E-state index contributed by atoms with van der Waals surface area (Å²) in [6.07, 6.45) is -2.13. The van der Waals surface area contributed by atoms with Gasteiger partial charge in [-0.25, -0.2) is 4.98 Å². The predicted molar refractivity (Wildman–Crippen MR) is 47.6 cm³/mol. The van der Waals surface area contributed by atoms with Gasteiger partial charge in [0.05, 0.1) is 6.10 Å². The van der Waals surface area contributed by atoms with Gasteiger partial charge in [-0.15, -0.1) is 0 Å². The lowest BCUT2D eigenvalue weighted by molar-refractivity contribution is -0.139. The van der Waals surface area contributed by atoms with Gasteiger partial charge in [-0.2, -0.15) is 18.4 Å². The molecule has 2 rings (SSSR count). The first-order chi connectivity index (χ1) is 7.52. The summed E-state index contributed by atoms with van der Waals surface area (Å²) in [6, 6.07) is 2.57. The van der Waals surface area contributed by atoms with Gasteiger partial charge in [-0.05, 0) is 18.9 Å². The van der Waals surface area contributed by atoms with Crippen LogP contribution in [0, 0.1) is 11.3 Å². The second kappa shape index (κ2) is 3.67. The van der Waals surface area contributed by atoms with E-state index in [1.54, 1.807) is 0 Å². The maximum atomic E-state index is 12.7. The van der Waals surface area contributed by atoms with Crippen LogP contribution in [0.25, 0.3) is 0 Å². The van der Waals surface area contributed by atoms with Crippen molar-refractivity contribution in [3.05, 3.63) is 23.5 Å².